The lowest BCUT2D eigenvalue weighted by atomic mass is 9.98. The normalized spacial score (nSPS) is 17.3. The van der Waals surface area contributed by atoms with E-state index in [1.807, 2.05) is 13.0 Å². The monoisotopic (exact) mass is 339 g/mol. The molecule has 0 heterocycles. The van der Waals surface area contributed by atoms with E-state index in [1.165, 1.54) is 20.0 Å². The highest BCUT2D eigenvalue weighted by atomic mass is 32.2. The van der Waals surface area contributed by atoms with Gasteiger partial charge in [0, 0.05) is 6.04 Å². The first-order valence-corrected chi connectivity index (χ1v) is 10.0. The van der Waals surface area contributed by atoms with E-state index in [0.29, 0.717) is 5.75 Å². The van der Waals surface area contributed by atoms with Gasteiger partial charge in [-0.2, -0.15) is 0 Å². The number of benzene rings is 1. The van der Waals surface area contributed by atoms with Crippen LogP contribution in [0.5, 0.6) is 5.75 Å². The van der Waals surface area contributed by atoms with Gasteiger partial charge in [0.1, 0.15) is 10.6 Å². The summed E-state index contributed by atoms with van der Waals surface area (Å²) in [6.45, 7) is 6.14. The number of methoxy groups -OCH3 is 1. The lowest BCUT2D eigenvalue weighted by Crippen LogP contribution is -2.34. The summed E-state index contributed by atoms with van der Waals surface area (Å²) in [5.41, 5.74) is 2.11. The Kier molecular flexibility index (Phi) is 6.09. The Morgan fingerprint density at radius 1 is 1.13 bits per heavy atom. The van der Waals surface area contributed by atoms with Crippen LogP contribution in [0.4, 0.5) is 0 Å². The predicted octanol–water partition coefficient (Wildman–Crippen LogP) is 4.13. The van der Waals surface area contributed by atoms with Gasteiger partial charge < -0.3 is 4.74 Å². The molecule has 0 bridgehead atoms. The molecule has 0 aromatic heterocycles. The van der Waals surface area contributed by atoms with Crippen LogP contribution < -0.4 is 9.46 Å². The van der Waals surface area contributed by atoms with Crippen LogP contribution in [0.1, 0.15) is 69.4 Å². The number of hydrogen-bond donors (Lipinski definition) is 1. The second kappa shape index (κ2) is 7.67. The molecule has 0 spiro atoms. The number of nitrogens with one attached hydrogen (secondary N) is 1. The summed E-state index contributed by atoms with van der Waals surface area (Å²) >= 11 is 0. The molecule has 1 aliphatic rings. The first-order chi connectivity index (χ1) is 10.8. The summed E-state index contributed by atoms with van der Waals surface area (Å²) in [6, 6.07) is 3.64. The van der Waals surface area contributed by atoms with Gasteiger partial charge in [0.2, 0.25) is 10.0 Å². The quantitative estimate of drug-likeness (QED) is 0.821. The number of rotatable bonds is 5. The Hall–Kier alpha value is -1.07. The molecule has 0 amide bonds. The van der Waals surface area contributed by atoms with E-state index in [2.05, 4.69) is 18.6 Å². The third-order valence-corrected chi connectivity index (χ3v) is 6.18. The molecule has 1 aliphatic carbocycles. The zero-order valence-corrected chi connectivity index (χ0v) is 15.5. The molecule has 0 aliphatic heterocycles. The fourth-order valence-corrected chi connectivity index (χ4v) is 4.84. The molecule has 130 valence electrons. The van der Waals surface area contributed by atoms with Crippen LogP contribution in [0.2, 0.25) is 0 Å². The first kappa shape index (κ1) is 18.3. The van der Waals surface area contributed by atoms with Gasteiger partial charge in [-0.05, 0) is 48.9 Å². The van der Waals surface area contributed by atoms with Gasteiger partial charge in [0.15, 0.2) is 0 Å². The molecule has 23 heavy (non-hydrogen) atoms. The van der Waals surface area contributed by atoms with Gasteiger partial charge >= 0.3 is 0 Å². The maximum atomic E-state index is 12.9. The molecule has 1 aromatic carbocycles. The Bertz CT molecular complexity index is 630. The Morgan fingerprint density at radius 3 is 2.26 bits per heavy atom. The van der Waals surface area contributed by atoms with E-state index in [0.717, 1.165) is 36.8 Å². The van der Waals surface area contributed by atoms with Gasteiger partial charge in [-0.25, -0.2) is 13.1 Å². The van der Waals surface area contributed by atoms with Crippen molar-refractivity contribution in [1.82, 2.24) is 4.72 Å². The van der Waals surface area contributed by atoms with Crippen LogP contribution in [-0.4, -0.2) is 21.6 Å². The van der Waals surface area contributed by atoms with Gasteiger partial charge in [0.25, 0.3) is 0 Å². The molecule has 1 N–H and O–H groups in total. The Balaban J connectivity index is 2.35. The van der Waals surface area contributed by atoms with Gasteiger partial charge in [-0.15, -0.1) is 0 Å². The van der Waals surface area contributed by atoms with E-state index < -0.39 is 10.0 Å². The SMILES string of the molecule is COc1cc(C)c(C(C)C)cc1S(=O)(=O)NC1CCCCCC1. The van der Waals surface area contributed by atoms with Crippen molar-refractivity contribution < 1.29 is 13.2 Å². The summed E-state index contributed by atoms with van der Waals surface area (Å²) in [5, 5.41) is 0. The number of ether oxygens (including phenoxy) is 1. The van der Waals surface area contributed by atoms with Crippen molar-refractivity contribution in [2.24, 2.45) is 0 Å². The molecular formula is C18H29NO3S. The topological polar surface area (TPSA) is 55.4 Å². The van der Waals surface area contributed by atoms with Crippen LogP contribution in [0.15, 0.2) is 17.0 Å². The molecule has 0 saturated heterocycles. The van der Waals surface area contributed by atoms with Crippen molar-refractivity contribution in [2.75, 3.05) is 7.11 Å². The van der Waals surface area contributed by atoms with Gasteiger partial charge in [0.05, 0.1) is 7.11 Å². The summed E-state index contributed by atoms with van der Waals surface area (Å²) in [6.07, 6.45) is 6.42. The summed E-state index contributed by atoms with van der Waals surface area (Å²) < 4.78 is 34.0. The van der Waals surface area contributed by atoms with E-state index in [4.69, 9.17) is 4.74 Å². The van der Waals surface area contributed by atoms with Crippen LogP contribution >= 0.6 is 0 Å². The smallest absolute Gasteiger partial charge is 0.244 e. The Morgan fingerprint density at radius 2 is 1.74 bits per heavy atom. The molecule has 1 fully saturated rings. The molecule has 2 rings (SSSR count). The summed E-state index contributed by atoms with van der Waals surface area (Å²) in [4.78, 5) is 0.263. The number of sulfonamides is 1. The van der Waals surface area contributed by atoms with E-state index in [1.54, 1.807) is 6.07 Å². The minimum Gasteiger partial charge on any atom is -0.495 e. The molecule has 0 atom stereocenters. The van der Waals surface area contributed by atoms with Crippen molar-refractivity contribution in [2.45, 2.75) is 76.2 Å². The average Bonchev–Trinajstić information content (AvgIpc) is 2.74. The minimum atomic E-state index is -3.57. The largest absolute Gasteiger partial charge is 0.495 e. The minimum absolute atomic E-state index is 0.0380. The summed E-state index contributed by atoms with van der Waals surface area (Å²) in [7, 11) is -2.04. The molecule has 0 radical (unpaired) electrons. The number of hydrogen-bond acceptors (Lipinski definition) is 3. The second-order valence-corrected chi connectivity index (χ2v) is 8.51. The first-order valence-electron chi connectivity index (χ1n) is 8.56. The zero-order chi connectivity index (χ0) is 17.0. The molecule has 4 nitrogen and oxygen atoms in total. The van der Waals surface area contributed by atoms with Crippen LogP contribution in [0.3, 0.4) is 0 Å². The molecule has 1 saturated carbocycles. The second-order valence-electron chi connectivity index (χ2n) is 6.82. The highest BCUT2D eigenvalue weighted by Crippen LogP contribution is 2.31. The zero-order valence-electron chi connectivity index (χ0n) is 14.7. The van der Waals surface area contributed by atoms with E-state index in [-0.39, 0.29) is 16.9 Å². The third kappa shape index (κ3) is 4.48. The van der Waals surface area contributed by atoms with Crippen LogP contribution in [-0.2, 0) is 10.0 Å². The van der Waals surface area contributed by atoms with Crippen molar-refractivity contribution >= 4 is 10.0 Å². The highest BCUT2D eigenvalue weighted by molar-refractivity contribution is 7.89. The maximum absolute atomic E-state index is 12.9. The molecule has 0 unspecified atom stereocenters. The molecular weight excluding hydrogens is 310 g/mol. The lowest BCUT2D eigenvalue weighted by Gasteiger charge is -2.20. The van der Waals surface area contributed by atoms with Gasteiger partial charge in [-0.3, -0.25) is 0 Å². The fourth-order valence-electron chi connectivity index (χ4n) is 3.35. The average molecular weight is 340 g/mol. The third-order valence-electron chi connectivity index (χ3n) is 4.64. The van der Waals surface area contributed by atoms with Crippen LogP contribution in [0.25, 0.3) is 0 Å². The van der Waals surface area contributed by atoms with Crippen LogP contribution in [0, 0.1) is 6.92 Å². The van der Waals surface area contributed by atoms with Crippen molar-refractivity contribution in [1.29, 1.82) is 0 Å². The van der Waals surface area contributed by atoms with Crippen molar-refractivity contribution in [3.05, 3.63) is 23.3 Å². The molecule has 5 heteroatoms. The van der Waals surface area contributed by atoms with E-state index >= 15 is 0 Å². The number of aryl methyl sites for hydroxylation is 1. The Labute approximate surface area is 140 Å². The fraction of sp³-hybridized carbons (Fsp3) is 0.667. The summed E-state index contributed by atoms with van der Waals surface area (Å²) in [5.74, 6) is 0.695. The highest BCUT2D eigenvalue weighted by Gasteiger charge is 2.25. The lowest BCUT2D eigenvalue weighted by molar-refractivity contribution is 0.401. The van der Waals surface area contributed by atoms with E-state index in [9.17, 15) is 8.42 Å². The van der Waals surface area contributed by atoms with Crippen molar-refractivity contribution in [3.8, 4) is 5.75 Å². The van der Waals surface area contributed by atoms with Gasteiger partial charge in [-0.1, -0.05) is 39.5 Å². The maximum Gasteiger partial charge on any atom is 0.244 e. The standard InChI is InChI=1S/C18H29NO3S/c1-13(2)16-12-18(17(22-4)11-14(16)3)23(20,21)19-15-9-7-5-6-8-10-15/h11-13,15,19H,5-10H2,1-4H3. The predicted molar refractivity (Wildman–Crippen MR) is 93.6 cm³/mol. The molecule has 1 aromatic rings. The van der Waals surface area contributed by atoms with Crippen molar-refractivity contribution in [3.63, 3.8) is 0 Å².